The van der Waals surface area contributed by atoms with Gasteiger partial charge in [-0.2, -0.15) is 0 Å². The van der Waals surface area contributed by atoms with Crippen molar-refractivity contribution < 1.29 is 9.53 Å². The molecule has 2 heteroatoms. The van der Waals surface area contributed by atoms with E-state index in [4.69, 9.17) is 4.74 Å². The van der Waals surface area contributed by atoms with Crippen molar-refractivity contribution in [3.63, 3.8) is 0 Å². The van der Waals surface area contributed by atoms with Gasteiger partial charge in [-0.1, -0.05) is 5.57 Å². The normalized spacial score (nSPS) is 23.8. The monoisotopic (exact) mass is 140 g/mol. The number of carbonyl (C=O) groups excluding carboxylic acids is 1. The van der Waals surface area contributed by atoms with Crippen molar-refractivity contribution in [2.24, 2.45) is 0 Å². The molecule has 0 saturated heterocycles. The summed E-state index contributed by atoms with van der Waals surface area (Å²) in [5.74, 6) is 0.143. The second kappa shape index (κ2) is 2.97. The van der Waals surface area contributed by atoms with E-state index in [1.165, 1.54) is 5.57 Å². The van der Waals surface area contributed by atoms with Crippen LogP contribution in [0.5, 0.6) is 0 Å². The van der Waals surface area contributed by atoms with Gasteiger partial charge in [0.2, 0.25) is 0 Å². The number of allylic oxidation sites excluding steroid dienone is 1. The van der Waals surface area contributed by atoms with Gasteiger partial charge in [-0.25, -0.2) is 0 Å². The molecule has 0 aliphatic heterocycles. The lowest BCUT2D eigenvalue weighted by molar-refractivity contribution is -0.112. The first-order valence-electron chi connectivity index (χ1n) is 3.45. The SMILES string of the molecule is COC1CC(=CC(C)=O)C1. The third kappa shape index (κ3) is 1.67. The minimum absolute atomic E-state index is 0.143. The first kappa shape index (κ1) is 7.48. The second-order valence-electron chi connectivity index (χ2n) is 2.68. The van der Waals surface area contributed by atoms with Crippen LogP contribution in [0.1, 0.15) is 19.8 Å². The summed E-state index contributed by atoms with van der Waals surface area (Å²) in [4.78, 5) is 10.5. The predicted octanol–water partition coefficient (Wildman–Crippen LogP) is 1.31. The van der Waals surface area contributed by atoms with Crippen LogP contribution in [0.25, 0.3) is 0 Å². The molecule has 0 radical (unpaired) electrons. The third-order valence-electron chi connectivity index (χ3n) is 1.72. The van der Waals surface area contributed by atoms with E-state index in [0.29, 0.717) is 6.10 Å². The van der Waals surface area contributed by atoms with Gasteiger partial charge >= 0.3 is 0 Å². The Morgan fingerprint density at radius 1 is 1.70 bits per heavy atom. The second-order valence-corrected chi connectivity index (χ2v) is 2.68. The predicted molar refractivity (Wildman–Crippen MR) is 38.8 cm³/mol. The van der Waals surface area contributed by atoms with Crippen molar-refractivity contribution >= 4 is 5.78 Å². The maximum absolute atomic E-state index is 10.5. The van der Waals surface area contributed by atoms with Gasteiger partial charge in [0.05, 0.1) is 6.10 Å². The van der Waals surface area contributed by atoms with Crippen LogP contribution in [0.2, 0.25) is 0 Å². The first-order valence-corrected chi connectivity index (χ1v) is 3.45. The van der Waals surface area contributed by atoms with E-state index >= 15 is 0 Å². The van der Waals surface area contributed by atoms with E-state index in [1.54, 1.807) is 20.1 Å². The Morgan fingerprint density at radius 2 is 2.30 bits per heavy atom. The number of hydrogen-bond acceptors (Lipinski definition) is 2. The molecule has 0 amide bonds. The summed E-state index contributed by atoms with van der Waals surface area (Å²) in [7, 11) is 1.70. The lowest BCUT2D eigenvalue weighted by atomic mass is 9.88. The standard InChI is InChI=1S/C8H12O2/c1-6(9)3-7-4-8(5-7)10-2/h3,8H,4-5H2,1-2H3. The summed E-state index contributed by atoms with van der Waals surface area (Å²) < 4.78 is 5.05. The van der Waals surface area contributed by atoms with Crippen LogP contribution in [0.3, 0.4) is 0 Å². The van der Waals surface area contributed by atoms with Crippen LogP contribution in [0, 0.1) is 0 Å². The van der Waals surface area contributed by atoms with E-state index < -0.39 is 0 Å². The molecule has 0 aromatic carbocycles. The maximum atomic E-state index is 10.5. The Morgan fingerprint density at radius 3 is 2.70 bits per heavy atom. The Labute approximate surface area is 60.9 Å². The van der Waals surface area contributed by atoms with Gasteiger partial charge in [0.15, 0.2) is 5.78 Å². The number of carbonyl (C=O) groups is 1. The molecule has 0 N–H and O–H groups in total. The summed E-state index contributed by atoms with van der Waals surface area (Å²) in [5, 5.41) is 0. The highest BCUT2D eigenvalue weighted by atomic mass is 16.5. The van der Waals surface area contributed by atoms with E-state index in [1.807, 2.05) is 0 Å². The largest absolute Gasteiger partial charge is 0.381 e. The average Bonchev–Trinajstić information content (AvgIpc) is 1.76. The Balaban J connectivity index is 2.31. The molecule has 1 fully saturated rings. The van der Waals surface area contributed by atoms with Crippen LogP contribution in [0.4, 0.5) is 0 Å². The fraction of sp³-hybridized carbons (Fsp3) is 0.625. The molecular formula is C8H12O2. The molecule has 1 aliphatic carbocycles. The molecule has 0 heterocycles. The Kier molecular flexibility index (Phi) is 2.22. The van der Waals surface area contributed by atoms with E-state index in [0.717, 1.165) is 12.8 Å². The van der Waals surface area contributed by atoms with Crippen molar-refractivity contribution in [1.82, 2.24) is 0 Å². The van der Waals surface area contributed by atoms with Crippen molar-refractivity contribution in [2.45, 2.75) is 25.9 Å². The molecule has 56 valence electrons. The number of rotatable bonds is 2. The van der Waals surface area contributed by atoms with Gasteiger partial charge in [0, 0.05) is 7.11 Å². The van der Waals surface area contributed by atoms with E-state index in [9.17, 15) is 4.79 Å². The molecule has 0 aromatic rings. The van der Waals surface area contributed by atoms with Crippen molar-refractivity contribution in [1.29, 1.82) is 0 Å². The summed E-state index contributed by atoms with van der Waals surface area (Å²) in [6.07, 6.45) is 3.95. The van der Waals surface area contributed by atoms with E-state index in [2.05, 4.69) is 0 Å². The number of hydrogen-bond donors (Lipinski definition) is 0. The third-order valence-corrected chi connectivity index (χ3v) is 1.72. The molecule has 0 aromatic heterocycles. The smallest absolute Gasteiger partial charge is 0.152 e. The first-order chi connectivity index (χ1) is 4.72. The number of ketones is 1. The zero-order chi connectivity index (χ0) is 7.56. The van der Waals surface area contributed by atoms with Crippen molar-refractivity contribution in [2.75, 3.05) is 7.11 Å². The van der Waals surface area contributed by atoms with Gasteiger partial charge in [-0.15, -0.1) is 0 Å². The summed E-state index contributed by atoms with van der Waals surface area (Å²) in [6, 6.07) is 0. The summed E-state index contributed by atoms with van der Waals surface area (Å²) >= 11 is 0. The molecule has 1 saturated carbocycles. The fourth-order valence-electron chi connectivity index (χ4n) is 1.10. The number of methoxy groups -OCH3 is 1. The fourth-order valence-corrected chi connectivity index (χ4v) is 1.10. The zero-order valence-electron chi connectivity index (χ0n) is 6.39. The molecule has 2 nitrogen and oxygen atoms in total. The summed E-state index contributed by atoms with van der Waals surface area (Å²) in [6.45, 7) is 1.58. The highest BCUT2D eigenvalue weighted by molar-refractivity contribution is 5.88. The minimum atomic E-state index is 0.143. The van der Waals surface area contributed by atoms with Crippen molar-refractivity contribution in [3.8, 4) is 0 Å². The van der Waals surface area contributed by atoms with Crippen LogP contribution < -0.4 is 0 Å². The molecule has 1 aliphatic rings. The Bertz CT molecular complexity index is 162. The average molecular weight is 140 g/mol. The van der Waals surface area contributed by atoms with Crippen LogP contribution in [-0.4, -0.2) is 19.0 Å². The van der Waals surface area contributed by atoms with Crippen LogP contribution in [0.15, 0.2) is 11.6 Å². The highest BCUT2D eigenvalue weighted by Gasteiger charge is 2.22. The number of ether oxygens (including phenoxy) is 1. The summed E-state index contributed by atoms with van der Waals surface area (Å²) in [5.41, 5.74) is 1.22. The quantitative estimate of drug-likeness (QED) is 0.540. The topological polar surface area (TPSA) is 26.3 Å². The van der Waals surface area contributed by atoms with Gasteiger partial charge in [-0.3, -0.25) is 4.79 Å². The van der Waals surface area contributed by atoms with Crippen molar-refractivity contribution in [3.05, 3.63) is 11.6 Å². The van der Waals surface area contributed by atoms with Gasteiger partial charge in [0.1, 0.15) is 0 Å². The molecule has 10 heavy (non-hydrogen) atoms. The minimum Gasteiger partial charge on any atom is -0.381 e. The van der Waals surface area contributed by atoms with Gasteiger partial charge in [0.25, 0.3) is 0 Å². The molecular weight excluding hydrogens is 128 g/mol. The maximum Gasteiger partial charge on any atom is 0.152 e. The van der Waals surface area contributed by atoms with Gasteiger partial charge < -0.3 is 4.74 Å². The van der Waals surface area contributed by atoms with Crippen LogP contribution in [-0.2, 0) is 9.53 Å². The van der Waals surface area contributed by atoms with Crippen LogP contribution >= 0.6 is 0 Å². The van der Waals surface area contributed by atoms with E-state index in [-0.39, 0.29) is 5.78 Å². The lowest BCUT2D eigenvalue weighted by Gasteiger charge is -2.27. The lowest BCUT2D eigenvalue weighted by Crippen LogP contribution is -2.23. The zero-order valence-corrected chi connectivity index (χ0v) is 6.39. The highest BCUT2D eigenvalue weighted by Crippen LogP contribution is 2.28. The molecule has 0 atom stereocenters. The molecule has 0 bridgehead atoms. The molecule has 0 unspecified atom stereocenters. The molecule has 0 spiro atoms. The Hall–Kier alpha value is -0.630. The molecule has 1 rings (SSSR count). The van der Waals surface area contributed by atoms with Gasteiger partial charge in [-0.05, 0) is 25.8 Å².